The predicted octanol–water partition coefficient (Wildman–Crippen LogP) is -0.754. The average molecular weight is 213 g/mol. The van der Waals surface area contributed by atoms with Gasteiger partial charge in [0.05, 0.1) is 19.6 Å². The number of carbonyl (C=O) groups excluding carboxylic acids is 2. The lowest BCUT2D eigenvalue weighted by Crippen LogP contribution is -2.47. The molecule has 0 aliphatic carbocycles. The number of ether oxygens (including phenoxy) is 2. The minimum absolute atomic E-state index is 0.0367. The molecule has 0 N–H and O–H groups in total. The van der Waals surface area contributed by atoms with E-state index < -0.39 is 6.10 Å². The van der Waals surface area contributed by atoms with Crippen LogP contribution in [0.4, 0.5) is 0 Å². The molecule has 2 aliphatic rings. The molecule has 2 rings (SSSR count). The van der Waals surface area contributed by atoms with Crippen LogP contribution in [-0.2, 0) is 19.1 Å². The van der Waals surface area contributed by atoms with Crippen LogP contribution in [0.2, 0.25) is 0 Å². The van der Waals surface area contributed by atoms with Gasteiger partial charge in [-0.15, -0.1) is 0 Å². The molecule has 1 unspecified atom stereocenters. The lowest BCUT2D eigenvalue weighted by Gasteiger charge is -2.30. The van der Waals surface area contributed by atoms with Crippen LogP contribution in [0.5, 0.6) is 0 Å². The Labute approximate surface area is 88.3 Å². The summed E-state index contributed by atoms with van der Waals surface area (Å²) < 4.78 is 10.4. The van der Waals surface area contributed by atoms with Crippen LogP contribution in [0, 0.1) is 0 Å². The zero-order valence-corrected chi connectivity index (χ0v) is 8.61. The molecule has 0 aromatic heterocycles. The summed E-state index contributed by atoms with van der Waals surface area (Å²) in [5.41, 5.74) is 0. The second-order valence-electron chi connectivity index (χ2n) is 3.89. The Balaban J connectivity index is 1.82. The van der Waals surface area contributed by atoms with Crippen molar-refractivity contribution in [2.45, 2.75) is 12.5 Å². The van der Waals surface area contributed by atoms with Gasteiger partial charge in [0.15, 0.2) is 11.6 Å². The number of nitrogens with zero attached hydrogens (tertiary/aromatic N) is 1. The molecule has 2 saturated heterocycles. The predicted molar refractivity (Wildman–Crippen MR) is 51.6 cm³/mol. The molecule has 0 aromatic carbocycles. The fourth-order valence-corrected chi connectivity index (χ4v) is 1.82. The third kappa shape index (κ3) is 2.84. The average Bonchev–Trinajstić information content (AvgIpc) is 2.24. The van der Waals surface area contributed by atoms with Crippen molar-refractivity contribution in [1.82, 2.24) is 4.90 Å². The normalized spacial score (nSPS) is 29.5. The standard InChI is InChI=1S/C10H15NO4/c12-8-5-9(13)10(15-7-8)6-11-1-3-14-4-2-11/h10H,1-7H2. The van der Waals surface area contributed by atoms with E-state index >= 15 is 0 Å². The van der Waals surface area contributed by atoms with Gasteiger partial charge in [-0.2, -0.15) is 0 Å². The van der Waals surface area contributed by atoms with Crippen LogP contribution in [0.15, 0.2) is 0 Å². The number of ketones is 2. The van der Waals surface area contributed by atoms with Crippen molar-refractivity contribution in [2.75, 3.05) is 39.5 Å². The van der Waals surface area contributed by atoms with Gasteiger partial charge >= 0.3 is 0 Å². The van der Waals surface area contributed by atoms with Crippen LogP contribution < -0.4 is 0 Å². The quantitative estimate of drug-likeness (QED) is 0.565. The van der Waals surface area contributed by atoms with Gasteiger partial charge in [0.1, 0.15) is 12.7 Å². The van der Waals surface area contributed by atoms with Crippen molar-refractivity contribution >= 4 is 11.6 Å². The van der Waals surface area contributed by atoms with Crippen molar-refractivity contribution in [3.8, 4) is 0 Å². The van der Waals surface area contributed by atoms with Crippen LogP contribution in [-0.4, -0.2) is 62.0 Å². The lowest BCUT2D eigenvalue weighted by atomic mass is 10.1. The Hall–Kier alpha value is -0.780. The molecular formula is C10H15NO4. The summed E-state index contributed by atoms with van der Waals surface area (Å²) >= 11 is 0. The first kappa shape index (κ1) is 10.7. The maximum atomic E-state index is 11.5. The van der Waals surface area contributed by atoms with Gasteiger partial charge in [-0.3, -0.25) is 14.5 Å². The Morgan fingerprint density at radius 1 is 1.27 bits per heavy atom. The molecular weight excluding hydrogens is 198 g/mol. The summed E-state index contributed by atoms with van der Waals surface area (Å²) in [5.74, 6) is -0.198. The van der Waals surface area contributed by atoms with Crippen molar-refractivity contribution in [2.24, 2.45) is 0 Å². The van der Waals surface area contributed by atoms with E-state index in [-0.39, 0.29) is 24.6 Å². The molecule has 5 heteroatoms. The first-order valence-corrected chi connectivity index (χ1v) is 5.22. The Morgan fingerprint density at radius 2 is 2.00 bits per heavy atom. The summed E-state index contributed by atoms with van der Waals surface area (Å²) in [6.45, 7) is 3.76. The first-order chi connectivity index (χ1) is 7.25. The summed E-state index contributed by atoms with van der Waals surface area (Å²) in [5, 5.41) is 0. The fourth-order valence-electron chi connectivity index (χ4n) is 1.82. The van der Waals surface area contributed by atoms with Gasteiger partial charge in [0.25, 0.3) is 0 Å². The lowest BCUT2D eigenvalue weighted by molar-refractivity contribution is -0.147. The molecule has 0 spiro atoms. The van der Waals surface area contributed by atoms with Gasteiger partial charge in [-0.25, -0.2) is 0 Å². The van der Waals surface area contributed by atoms with E-state index in [0.29, 0.717) is 19.8 Å². The minimum Gasteiger partial charge on any atom is -0.379 e. The molecule has 0 amide bonds. The van der Waals surface area contributed by atoms with Crippen molar-refractivity contribution in [3.05, 3.63) is 0 Å². The van der Waals surface area contributed by atoms with E-state index in [1.807, 2.05) is 0 Å². The Bertz CT molecular complexity index is 260. The largest absolute Gasteiger partial charge is 0.379 e. The fraction of sp³-hybridized carbons (Fsp3) is 0.800. The molecule has 0 saturated carbocycles. The zero-order valence-electron chi connectivity index (χ0n) is 8.61. The zero-order chi connectivity index (χ0) is 10.7. The van der Waals surface area contributed by atoms with E-state index in [2.05, 4.69) is 4.90 Å². The number of carbonyl (C=O) groups is 2. The van der Waals surface area contributed by atoms with Gasteiger partial charge in [-0.05, 0) is 0 Å². The third-order valence-electron chi connectivity index (χ3n) is 2.70. The van der Waals surface area contributed by atoms with E-state index in [4.69, 9.17) is 9.47 Å². The minimum atomic E-state index is -0.416. The molecule has 5 nitrogen and oxygen atoms in total. The maximum absolute atomic E-state index is 11.5. The Morgan fingerprint density at radius 3 is 2.67 bits per heavy atom. The first-order valence-electron chi connectivity index (χ1n) is 5.22. The number of morpholine rings is 1. The summed E-state index contributed by atoms with van der Waals surface area (Å²) in [4.78, 5) is 24.5. The van der Waals surface area contributed by atoms with E-state index in [1.54, 1.807) is 0 Å². The molecule has 1 atom stereocenters. The summed E-state index contributed by atoms with van der Waals surface area (Å²) in [6.07, 6.45) is -0.379. The third-order valence-corrected chi connectivity index (χ3v) is 2.70. The number of Topliss-reactive ketones (excluding diaryl/α,β-unsaturated/α-hetero) is 2. The van der Waals surface area contributed by atoms with Crippen LogP contribution in [0.1, 0.15) is 6.42 Å². The summed E-state index contributed by atoms with van der Waals surface area (Å²) in [6, 6.07) is 0. The monoisotopic (exact) mass is 213 g/mol. The molecule has 2 aliphatic heterocycles. The topological polar surface area (TPSA) is 55.8 Å². The van der Waals surface area contributed by atoms with Gasteiger partial charge < -0.3 is 9.47 Å². The highest BCUT2D eigenvalue weighted by Crippen LogP contribution is 2.09. The highest BCUT2D eigenvalue weighted by Gasteiger charge is 2.29. The van der Waals surface area contributed by atoms with Crippen LogP contribution in [0.25, 0.3) is 0 Å². The van der Waals surface area contributed by atoms with Crippen LogP contribution >= 0.6 is 0 Å². The second kappa shape index (κ2) is 4.83. The number of rotatable bonds is 2. The van der Waals surface area contributed by atoms with Gasteiger partial charge in [0.2, 0.25) is 0 Å². The van der Waals surface area contributed by atoms with Crippen molar-refractivity contribution in [3.63, 3.8) is 0 Å². The number of hydrogen-bond donors (Lipinski definition) is 0. The highest BCUT2D eigenvalue weighted by molar-refractivity contribution is 6.03. The maximum Gasteiger partial charge on any atom is 0.170 e. The van der Waals surface area contributed by atoms with Gasteiger partial charge in [0, 0.05) is 19.6 Å². The summed E-state index contributed by atoms with van der Waals surface area (Å²) in [7, 11) is 0. The Kier molecular flexibility index (Phi) is 3.45. The molecule has 15 heavy (non-hydrogen) atoms. The SMILES string of the molecule is O=C1COC(CN2CCOCC2)C(=O)C1. The molecule has 84 valence electrons. The smallest absolute Gasteiger partial charge is 0.170 e. The molecule has 0 bridgehead atoms. The molecule has 0 aromatic rings. The molecule has 0 radical (unpaired) electrons. The number of hydrogen-bond acceptors (Lipinski definition) is 5. The van der Waals surface area contributed by atoms with Crippen LogP contribution in [0.3, 0.4) is 0 Å². The molecule has 2 heterocycles. The van der Waals surface area contributed by atoms with E-state index in [9.17, 15) is 9.59 Å². The highest BCUT2D eigenvalue weighted by atomic mass is 16.5. The second-order valence-corrected chi connectivity index (χ2v) is 3.89. The van der Waals surface area contributed by atoms with Crippen molar-refractivity contribution in [1.29, 1.82) is 0 Å². The molecule has 2 fully saturated rings. The van der Waals surface area contributed by atoms with Gasteiger partial charge in [-0.1, -0.05) is 0 Å². The van der Waals surface area contributed by atoms with Crippen molar-refractivity contribution < 1.29 is 19.1 Å². The van der Waals surface area contributed by atoms with E-state index in [1.165, 1.54) is 0 Å². The van der Waals surface area contributed by atoms with E-state index in [0.717, 1.165) is 13.1 Å².